The molecule has 2 N–H and O–H groups in total. The molecule has 0 unspecified atom stereocenters. The Kier molecular flexibility index (Phi) is 8.96. The molecule has 166 valence electrons. The quantitative estimate of drug-likeness (QED) is 0.714. The normalized spacial score (nSPS) is 18.1. The number of hydrogen-bond acceptors (Lipinski definition) is 6. The van der Waals surface area contributed by atoms with Crippen LogP contribution in [0.25, 0.3) is 10.9 Å². The third-order valence-electron chi connectivity index (χ3n) is 5.35. The Balaban J connectivity index is 0.00000124. The summed E-state index contributed by atoms with van der Waals surface area (Å²) < 4.78 is 25.7. The molecule has 2 aliphatic heterocycles. The molecular weight excluding hydrogens is 405 g/mol. The maximum atomic E-state index is 14.5. The zero-order valence-electron chi connectivity index (χ0n) is 17.8. The molecule has 0 bridgehead atoms. The smallest absolute Gasteiger partial charge is 0.261 e. The van der Waals surface area contributed by atoms with Crippen LogP contribution in [-0.4, -0.2) is 48.1 Å². The van der Waals surface area contributed by atoms with Gasteiger partial charge in [0.25, 0.3) is 5.56 Å². The summed E-state index contributed by atoms with van der Waals surface area (Å²) >= 11 is 1.76. The van der Waals surface area contributed by atoms with Crippen molar-refractivity contribution in [2.75, 3.05) is 32.9 Å². The van der Waals surface area contributed by atoms with Gasteiger partial charge in [0.15, 0.2) is 0 Å². The fraction of sp³-hybridized carbons (Fsp3) is 0.636. The van der Waals surface area contributed by atoms with Crippen molar-refractivity contribution in [3.05, 3.63) is 34.1 Å². The molecule has 6 nitrogen and oxygen atoms in total. The number of nitrogens with zero attached hydrogens (tertiary/aromatic N) is 1. The molecule has 0 saturated carbocycles. The van der Waals surface area contributed by atoms with Gasteiger partial charge in [-0.2, -0.15) is 11.8 Å². The van der Waals surface area contributed by atoms with Crippen molar-refractivity contribution in [2.45, 2.75) is 50.5 Å². The number of nitrogens with one attached hydrogen (secondary N) is 2. The minimum Gasteiger partial charge on any atom is -0.493 e. The predicted molar refractivity (Wildman–Crippen MR) is 120 cm³/mol. The highest BCUT2D eigenvalue weighted by Crippen LogP contribution is 2.26. The summed E-state index contributed by atoms with van der Waals surface area (Å²) in [5, 5.41) is 3.82. The zero-order chi connectivity index (χ0) is 21.3. The highest BCUT2D eigenvalue weighted by Gasteiger charge is 2.17. The van der Waals surface area contributed by atoms with E-state index in [9.17, 15) is 9.18 Å². The molecule has 4 rings (SSSR count). The first-order valence-electron chi connectivity index (χ1n) is 10.9. The van der Waals surface area contributed by atoms with Crippen LogP contribution in [0.15, 0.2) is 16.9 Å². The van der Waals surface area contributed by atoms with E-state index >= 15 is 0 Å². The Morgan fingerprint density at radius 3 is 2.67 bits per heavy atom. The predicted octanol–water partition coefficient (Wildman–Crippen LogP) is 3.88. The van der Waals surface area contributed by atoms with Crippen LogP contribution >= 0.6 is 11.8 Å². The van der Waals surface area contributed by atoms with Crippen LogP contribution in [0, 0.1) is 11.7 Å². The van der Waals surface area contributed by atoms with E-state index in [1.807, 2.05) is 13.8 Å². The fourth-order valence-corrected chi connectivity index (χ4v) is 4.76. The van der Waals surface area contributed by atoms with Crippen LogP contribution in [-0.2, 0) is 10.5 Å². The Morgan fingerprint density at radius 2 is 1.93 bits per heavy atom. The molecule has 1 aromatic carbocycles. The lowest BCUT2D eigenvalue weighted by atomic mass is 9.99. The Bertz CT molecular complexity index is 859. The molecule has 0 atom stereocenters. The van der Waals surface area contributed by atoms with Crippen LogP contribution in [0.4, 0.5) is 4.39 Å². The van der Waals surface area contributed by atoms with Crippen LogP contribution in [0.1, 0.15) is 45.4 Å². The molecule has 30 heavy (non-hydrogen) atoms. The van der Waals surface area contributed by atoms with Gasteiger partial charge in [-0.15, -0.1) is 0 Å². The number of aromatic amines is 1. The summed E-state index contributed by atoms with van der Waals surface area (Å²) in [7, 11) is 0. The van der Waals surface area contributed by atoms with E-state index < -0.39 is 11.4 Å². The van der Waals surface area contributed by atoms with Crippen molar-refractivity contribution in [1.82, 2.24) is 15.3 Å². The lowest BCUT2D eigenvalue weighted by Crippen LogP contribution is -2.30. The van der Waals surface area contributed by atoms with E-state index in [0.717, 1.165) is 52.0 Å². The van der Waals surface area contributed by atoms with Crippen molar-refractivity contribution >= 4 is 22.7 Å². The Labute approximate surface area is 181 Å². The molecule has 2 saturated heterocycles. The van der Waals surface area contributed by atoms with Crippen molar-refractivity contribution in [2.24, 2.45) is 5.92 Å². The van der Waals surface area contributed by atoms with E-state index in [4.69, 9.17) is 9.47 Å². The van der Waals surface area contributed by atoms with Crippen molar-refractivity contribution < 1.29 is 13.9 Å². The second-order valence-corrected chi connectivity index (χ2v) is 8.73. The van der Waals surface area contributed by atoms with E-state index in [1.165, 1.54) is 6.07 Å². The molecule has 8 heteroatoms. The number of aromatic nitrogens is 2. The number of piperidine rings is 1. The maximum Gasteiger partial charge on any atom is 0.261 e. The lowest BCUT2D eigenvalue weighted by Gasteiger charge is -2.22. The van der Waals surface area contributed by atoms with E-state index in [-0.39, 0.29) is 5.39 Å². The summed E-state index contributed by atoms with van der Waals surface area (Å²) in [6.45, 7) is 8.10. The van der Waals surface area contributed by atoms with Gasteiger partial charge in [-0.05, 0) is 44.7 Å². The molecule has 3 heterocycles. The van der Waals surface area contributed by atoms with Gasteiger partial charge in [0, 0.05) is 30.6 Å². The third kappa shape index (κ3) is 6.18. The summed E-state index contributed by atoms with van der Waals surface area (Å²) in [4.78, 5) is 19.6. The monoisotopic (exact) mass is 437 g/mol. The second kappa shape index (κ2) is 11.7. The summed E-state index contributed by atoms with van der Waals surface area (Å²) in [6.07, 6.45) is 4.13. The van der Waals surface area contributed by atoms with Gasteiger partial charge >= 0.3 is 0 Å². The van der Waals surface area contributed by atoms with Gasteiger partial charge in [0.1, 0.15) is 22.8 Å². The number of thioether (sulfide) groups is 1. The zero-order valence-corrected chi connectivity index (χ0v) is 18.7. The Morgan fingerprint density at radius 1 is 1.20 bits per heavy atom. The van der Waals surface area contributed by atoms with Gasteiger partial charge in [-0.3, -0.25) is 4.79 Å². The van der Waals surface area contributed by atoms with Gasteiger partial charge in [-0.25, -0.2) is 9.37 Å². The summed E-state index contributed by atoms with van der Waals surface area (Å²) in [6, 6.07) is 2.97. The summed E-state index contributed by atoms with van der Waals surface area (Å²) in [5.41, 5.74) is -0.0818. The highest BCUT2D eigenvalue weighted by atomic mass is 32.2. The molecule has 0 aliphatic carbocycles. The Hall–Kier alpha value is -1.64. The van der Waals surface area contributed by atoms with Gasteiger partial charge < -0.3 is 19.8 Å². The molecule has 0 amide bonds. The number of rotatable bonds is 6. The van der Waals surface area contributed by atoms with Crippen molar-refractivity contribution in [3.8, 4) is 5.75 Å². The van der Waals surface area contributed by atoms with Gasteiger partial charge in [-0.1, -0.05) is 13.8 Å². The number of halogens is 1. The van der Waals surface area contributed by atoms with Crippen LogP contribution in [0.5, 0.6) is 5.75 Å². The molecule has 2 fully saturated rings. The third-order valence-corrected chi connectivity index (χ3v) is 6.73. The molecule has 0 radical (unpaired) electrons. The summed E-state index contributed by atoms with van der Waals surface area (Å²) in [5.74, 6) is 1.49. The van der Waals surface area contributed by atoms with Crippen molar-refractivity contribution in [3.63, 3.8) is 0 Å². The number of ether oxygens (including phenoxy) is 2. The average molecular weight is 438 g/mol. The largest absolute Gasteiger partial charge is 0.493 e. The average Bonchev–Trinajstić information content (AvgIpc) is 2.78. The molecule has 2 aliphatic rings. The number of H-pyrrole nitrogens is 1. The number of hydrogen-bond donors (Lipinski definition) is 2. The minimum absolute atomic E-state index is 0.00553. The first-order valence-corrected chi connectivity index (χ1v) is 12.0. The molecule has 1 aromatic heterocycles. The molecule has 2 aromatic rings. The topological polar surface area (TPSA) is 76.2 Å². The van der Waals surface area contributed by atoms with Gasteiger partial charge in [0.05, 0.1) is 17.9 Å². The molecular formula is C22H32FN3O3S. The fourth-order valence-electron chi connectivity index (χ4n) is 3.70. The number of benzene rings is 1. The van der Waals surface area contributed by atoms with Crippen LogP contribution < -0.4 is 15.6 Å². The highest BCUT2D eigenvalue weighted by molar-refractivity contribution is 7.99. The van der Waals surface area contributed by atoms with E-state index in [0.29, 0.717) is 40.6 Å². The first kappa shape index (κ1) is 23.0. The molecule has 0 spiro atoms. The number of fused-ring (bicyclic) bond motifs is 1. The standard InChI is InChI=1S/C20H26FN3O3S.C2H6/c21-16-9-14(27-11-13-1-5-22-6-2-13)10-17-19(16)20(25)24-18(23-17)12-28-15-3-7-26-8-4-15;1-2/h9-10,13,15,22H,1-8,11-12H2,(H,23,24,25);1-2H3. The van der Waals surface area contributed by atoms with E-state index in [2.05, 4.69) is 15.3 Å². The minimum atomic E-state index is -0.588. The maximum absolute atomic E-state index is 14.5. The van der Waals surface area contributed by atoms with E-state index in [1.54, 1.807) is 17.8 Å². The first-order chi connectivity index (χ1) is 14.7. The van der Waals surface area contributed by atoms with Crippen molar-refractivity contribution in [1.29, 1.82) is 0 Å². The second-order valence-electron chi connectivity index (χ2n) is 7.44. The lowest BCUT2D eigenvalue weighted by molar-refractivity contribution is 0.1000. The van der Waals surface area contributed by atoms with Gasteiger partial charge in [0.2, 0.25) is 0 Å². The van der Waals surface area contributed by atoms with Crippen LogP contribution in [0.2, 0.25) is 0 Å². The van der Waals surface area contributed by atoms with Crippen LogP contribution in [0.3, 0.4) is 0 Å². The SMILES string of the molecule is CC.O=c1[nH]c(CSC2CCOCC2)nc2cc(OCC3CCNCC3)cc(F)c12.